The van der Waals surface area contributed by atoms with Crippen LogP contribution in [0.15, 0.2) is 66.9 Å². The van der Waals surface area contributed by atoms with Crippen molar-refractivity contribution in [3.63, 3.8) is 0 Å². The summed E-state index contributed by atoms with van der Waals surface area (Å²) in [4.78, 5) is 0. The van der Waals surface area contributed by atoms with Crippen LogP contribution in [0.1, 0.15) is 5.56 Å². The number of fused-ring (bicyclic) bond motifs is 1. The first-order valence-corrected chi connectivity index (χ1v) is 8.33. The number of aromatic nitrogens is 3. The van der Waals surface area contributed by atoms with Gasteiger partial charge < -0.3 is 9.47 Å². The Morgan fingerprint density at radius 1 is 0.857 bits per heavy atom. The Morgan fingerprint density at radius 2 is 1.57 bits per heavy atom. The second-order valence-corrected chi connectivity index (χ2v) is 6.07. The summed E-state index contributed by atoms with van der Waals surface area (Å²) in [6.07, 6.45) is -2.95. The van der Waals surface area contributed by atoms with Crippen molar-refractivity contribution in [3.8, 4) is 28.6 Å². The fourth-order valence-electron chi connectivity index (χ4n) is 2.73. The van der Waals surface area contributed by atoms with Crippen LogP contribution in [-0.4, -0.2) is 21.0 Å². The van der Waals surface area contributed by atoms with Gasteiger partial charge in [0.15, 0.2) is 5.65 Å². The van der Waals surface area contributed by atoms with Crippen LogP contribution < -0.4 is 9.47 Å². The summed E-state index contributed by atoms with van der Waals surface area (Å²) in [5, 5.41) is 8.14. The predicted molar refractivity (Wildman–Crippen MR) is 96.4 cm³/mol. The highest BCUT2D eigenvalue weighted by atomic mass is 19.4. The van der Waals surface area contributed by atoms with Crippen LogP contribution in [0.5, 0.6) is 17.5 Å². The molecule has 0 atom stereocenters. The van der Waals surface area contributed by atoms with Crippen LogP contribution in [0.2, 0.25) is 0 Å². The molecule has 0 fully saturated rings. The van der Waals surface area contributed by atoms with E-state index in [1.54, 1.807) is 34.9 Å². The van der Waals surface area contributed by atoms with Gasteiger partial charge in [-0.2, -0.15) is 0 Å². The van der Waals surface area contributed by atoms with Crippen LogP contribution in [0.4, 0.5) is 13.2 Å². The molecule has 142 valence electrons. The van der Waals surface area contributed by atoms with E-state index < -0.39 is 6.36 Å². The van der Waals surface area contributed by atoms with Crippen molar-refractivity contribution in [2.45, 2.75) is 13.3 Å². The lowest BCUT2D eigenvalue weighted by Crippen LogP contribution is -2.16. The van der Waals surface area contributed by atoms with E-state index >= 15 is 0 Å². The highest BCUT2D eigenvalue weighted by Crippen LogP contribution is 2.28. The molecule has 0 saturated heterocycles. The standard InChI is InChI=1S/C20H14F3N3O2/c1-13-4-2-3-5-17(13)27-19-25-24-18-11-8-15(12-26(18)19)14-6-9-16(10-7-14)28-20(21,22)23/h2-12H,1H3. The predicted octanol–water partition coefficient (Wildman–Crippen LogP) is 5.40. The summed E-state index contributed by atoms with van der Waals surface area (Å²) in [6, 6.07) is 17.0. The maximum atomic E-state index is 12.3. The van der Waals surface area contributed by atoms with E-state index in [9.17, 15) is 13.2 Å². The first kappa shape index (κ1) is 17.8. The van der Waals surface area contributed by atoms with Crippen LogP contribution in [0, 0.1) is 6.92 Å². The molecule has 0 unspecified atom stereocenters. The third-order valence-electron chi connectivity index (χ3n) is 4.09. The molecule has 8 heteroatoms. The fraction of sp³-hybridized carbons (Fsp3) is 0.100. The molecule has 0 spiro atoms. The normalized spacial score (nSPS) is 11.6. The number of hydrogen-bond donors (Lipinski definition) is 0. The molecular formula is C20H14F3N3O2. The van der Waals surface area contributed by atoms with E-state index in [2.05, 4.69) is 14.9 Å². The zero-order valence-corrected chi connectivity index (χ0v) is 14.6. The monoisotopic (exact) mass is 385 g/mol. The minimum atomic E-state index is -4.72. The van der Waals surface area contributed by atoms with Crippen molar-refractivity contribution < 1.29 is 22.6 Å². The summed E-state index contributed by atoms with van der Waals surface area (Å²) >= 11 is 0. The van der Waals surface area contributed by atoms with Crippen molar-refractivity contribution in [2.24, 2.45) is 0 Å². The van der Waals surface area contributed by atoms with Crippen LogP contribution in [0.3, 0.4) is 0 Å². The maximum absolute atomic E-state index is 12.3. The summed E-state index contributed by atoms with van der Waals surface area (Å²) in [5.74, 6) is 0.390. The van der Waals surface area contributed by atoms with Crippen molar-refractivity contribution >= 4 is 5.65 Å². The number of alkyl halides is 3. The number of aryl methyl sites for hydroxylation is 1. The van der Waals surface area contributed by atoms with Gasteiger partial charge in [-0.3, -0.25) is 4.40 Å². The van der Waals surface area contributed by atoms with Crippen molar-refractivity contribution in [2.75, 3.05) is 0 Å². The molecule has 0 aliphatic carbocycles. The number of hydrogen-bond acceptors (Lipinski definition) is 4. The average Bonchev–Trinajstić information content (AvgIpc) is 3.05. The largest absolute Gasteiger partial charge is 0.573 e. The first-order chi connectivity index (χ1) is 13.4. The summed E-state index contributed by atoms with van der Waals surface area (Å²) in [5.41, 5.74) is 3.02. The fourth-order valence-corrected chi connectivity index (χ4v) is 2.73. The Hall–Kier alpha value is -3.55. The van der Waals surface area contributed by atoms with Gasteiger partial charge in [0.2, 0.25) is 0 Å². The third-order valence-corrected chi connectivity index (χ3v) is 4.09. The van der Waals surface area contributed by atoms with E-state index in [4.69, 9.17) is 4.74 Å². The van der Waals surface area contributed by atoms with Gasteiger partial charge in [-0.25, -0.2) is 0 Å². The molecule has 4 rings (SSSR count). The Kier molecular flexibility index (Phi) is 4.38. The summed E-state index contributed by atoms with van der Waals surface area (Å²) < 4.78 is 48.4. The summed E-state index contributed by atoms with van der Waals surface area (Å²) in [7, 11) is 0. The van der Waals surface area contributed by atoms with Gasteiger partial charge in [0.05, 0.1) is 0 Å². The van der Waals surface area contributed by atoms with Gasteiger partial charge in [0, 0.05) is 6.20 Å². The smallest absolute Gasteiger partial charge is 0.424 e. The highest BCUT2D eigenvalue weighted by molar-refractivity contribution is 5.65. The third kappa shape index (κ3) is 3.75. The van der Waals surface area contributed by atoms with Crippen molar-refractivity contribution in [3.05, 3.63) is 72.4 Å². The highest BCUT2D eigenvalue weighted by Gasteiger charge is 2.30. The zero-order chi connectivity index (χ0) is 19.7. The molecule has 0 bridgehead atoms. The number of nitrogens with zero attached hydrogens (tertiary/aromatic N) is 3. The molecule has 2 heterocycles. The molecule has 0 amide bonds. The molecule has 0 radical (unpaired) electrons. The lowest BCUT2D eigenvalue weighted by Gasteiger charge is -2.10. The minimum Gasteiger partial charge on any atom is -0.424 e. The van der Waals surface area contributed by atoms with E-state index in [-0.39, 0.29) is 5.75 Å². The lowest BCUT2D eigenvalue weighted by atomic mass is 10.1. The average molecular weight is 385 g/mol. The molecule has 0 N–H and O–H groups in total. The van der Waals surface area contributed by atoms with E-state index in [1.807, 2.05) is 31.2 Å². The van der Waals surface area contributed by atoms with Crippen LogP contribution in [-0.2, 0) is 0 Å². The SMILES string of the molecule is Cc1ccccc1Oc1nnc2ccc(-c3ccc(OC(F)(F)F)cc3)cn12. The number of benzene rings is 2. The molecular weight excluding hydrogens is 371 g/mol. The summed E-state index contributed by atoms with van der Waals surface area (Å²) in [6.45, 7) is 1.93. The van der Waals surface area contributed by atoms with E-state index in [0.717, 1.165) is 11.1 Å². The number of ether oxygens (including phenoxy) is 2. The van der Waals surface area contributed by atoms with Crippen molar-refractivity contribution in [1.82, 2.24) is 14.6 Å². The van der Waals surface area contributed by atoms with Gasteiger partial charge in [-0.15, -0.1) is 18.3 Å². The quantitative estimate of drug-likeness (QED) is 0.472. The molecule has 4 aromatic rings. The van der Waals surface area contributed by atoms with Crippen LogP contribution >= 0.6 is 0 Å². The zero-order valence-electron chi connectivity index (χ0n) is 14.6. The lowest BCUT2D eigenvalue weighted by molar-refractivity contribution is -0.274. The number of pyridine rings is 1. The van der Waals surface area contributed by atoms with Gasteiger partial charge >= 0.3 is 12.4 Å². The maximum Gasteiger partial charge on any atom is 0.573 e. The number of para-hydroxylation sites is 1. The van der Waals surface area contributed by atoms with Gasteiger partial charge in [0.25, 0.3) is 0 Å². The van der Waals surface area contributed by atoms with Crippen LogP contribution in [0.25, 0.3) is 16.8 Å². The van der Waals surface area contributed by atoms with E-state index in [1.165, 1.54) is 12.1 Å². The second kappa shape index (κ2) is 6.88. The molecule has 5 nitrogen and oxygen atoms in total. The molecule has 0 saturated carbocycles. The Balaban J connectivity index is 1.65. The van der Waals surface area contributed by atoms with Gasteiger partial charge in [0.1, 0.15) is 11.5 Å². The molecule has 0 aliphatic heterocycles. The Morgan fingerprint density at radius 3 is 2.29 bits per heavy atom. The minimum absolute atomic E-state index is 0.273. The molecule has 28 heavy (non-hydrogen) atoms. The van der Waals surface area contributed by atoms with Crippen molar-refractivity contribution in [1.29, 1.82) is 0 Å². The molecule has 0 aliphatic rings. The van der Waals surface area contributed by atoms with Gasteiger partial charge in [-0.05, 0) is 53.9 Å². The topological polar surface area (TPSA) is 48.7 Å². The first-order valence-electron chi connectivity index (χ1n) is 8.33. The van der Waals surface area contributed by atoms with Gasteiger partial charge in [-0.1, -0.05) is 35.4 Å². The number of halogens is 3. The Labute approximate surface area is 158 Å². The van der Waals surface area contributed by atoms with E-state index in [0.29, 0.717) is 23.0 Å². The second-order valence-electron chi connectivity index (χ2n) is 6.07. The molecule has 2 aromatic carbocycles. The molecule has 2 aromatic heterocycles. The Bertz CT molecular complexity index is 1120. The number of rotatable bonds is 4.